The van der Waals surface area contributed by atoms with E-state index in [1.54, 1.807) is 0 Å². The van der Waals surface area contributed by atoms with Crippen molar-refractivity contribution in [3.05, 3.63) is 0 Å². The number of hydrogen-bond acceptors (Lipinski definition) is 2. The summed E-state index contributed by atoms with van der Waals surface area (Å²) in [4.78, 5) is 12.6. The molecule has 3 N–H and O–H groups in total. The lowest BCUT2D eigenvalue weighted by atomic mass is 9.85. The van der Waals surface area contributed by atoms with Gasteiger partial charge in [-0.2, -0.15) is 0 Å². The second-order valence-electron chi connectivity index (χ2n) is 5.80. The van der Waals surface area contributed by atoms with Crippen molar-refractivity contribution in [1.29, 1.82) is 0 Å². The second kappa shape index (κ2) is 4.56. The number of nitrogens with one attached hydrogen (secondary N) is 1. The van der Waals surface area contributed by atoms with E-state index < -0.39 is 5.41 Å². The monoisotopic (exact) mass is 254 g/mol. The molecular formula is C13H22N2OS. The molecule has 2 fully saturated rings. The van der Waals surface area contributed by atoms with Gasteiger partial charge >= 0.3 is 0 Å². The fraction of sp³-hybridized carbons (Fsp3) is 0.846. The van der Waals surface area contributed by atoms with Gasteiger partial charge in [0.25, 0.3) is 0 Å². The SMILES string of the molecule is CCC(C)(C(=O)NC1CC2CCC1C2)C(N)=S. The van der Waals surface area contributed by atoms with Gasteiger partial charge in [-0.1, -0.05) is 25.6 Å². The van der Waals surface area contributed by atoms with Crippen LogP contribution in [0.3, 0.4) is 0 Å². The summed E-state index contributed by atoms with van der Waals surface area (Å²) in [6.07, 6.45) is 5.71. The highest BCUT2D eigenvalue weighted by Crippen LogP contribution is 2.44. The first kappa shape index (κ1) is 12.8. The molecule has 4 heteroatoms. The zero-order chi connectivity index (χ0) is 12.6. The van der Waals surface area contributed by atoms with Gasteiger partial charge in [0.2, 0.25) is 5.91 Å². The van der Waals surface area contributed by atoms with Crippen LogP contribution in [0.15, 0.2) is 0 Å². The summed E-state index contributed by atoms with van der Waals surface area (Å²) in [5.74, 6) is 1.55. The number of hydrogen-bond donors (Lipinski definition) is 2. The highest BCUT2D eigenvalue weighted by Gasteiger charge is 2.43. The number of thiocarbonyl (C=S) groups is 1. The molecule has 2 aliphatic carbocycles. The van der Waals surface area contributed by atoms with E-state index in [4.69, 9.17) is 18.0 Å². The Bertz CT molecular complexity index is 344. The van der Waals surface area contributed by atoms with E-state index in [9.17, 15) is 4.79 Å². The highest BCUT2D eigenvalue weighted by atomic mass is 32.1. The van der Waals surface area contributed by atoms with Gasteiger partial charge in [-0.05, 0) is 44.4 Å². The fourth-order valence-corrected chi connectivity index (χ4v) is 3.43. The molecule has 0 saturated heterocycles. The average Bonchev–Trinajstić information content (AvgIpc) is 2.89. The largest absolute Gasteiger partial charge is 0.392 e. The third-order valence-corrected chi connectivity index (χ3v) is 5.26. The van der Waals surface area contributed by atoms with E-state index in [0.717, 1.165) is 12.3 Å². The summed E-state index contributed by atoms with van der Waals surface area (Å²) in [5, 5.41) is 3.18. The van der Waals surface area contributed by atoms with Gasteiger partial charge in [-0.3, -0.25) is 4.79 Å². The molecular weight excluding hydrogens is 232 g/mol. The van der Waals surface area contributed by atoms with Crippen molar-refractivity contribution in [2.75, 3.05) is 0 Å². The molecule has 0 aromatic heterocycles. The molecule has 0 aromatic carbocycles. The van der Waals surface area contributed by atoms with Crippen LogP contribution in [0.4, 0.5) is 0 Å². The molecule has 0 radical (unpaired) electrons. The molecule has 0 aliphatic heterocycles. The van der Waals surface area contributed by atoms with Crippen LogP contribution in [0.1, 0.15) is 46.0 Å². The highest BCUT2D eigenvalue weighted by molar-refractivity contribution is 7.80. The van der Waals surface area contributed by atoms with Crippen molar-refractivity contribution >= 4 is 23.1 Å². The second-order valence-corrected chi connectivity index (χ2v) is 6.24. The minimum Gasteiger partial charge on any atom is -0.392 e. The van der Waals surface area contributed by atoms with Crippen molar-refractivity contribution in [2.24, 2.45) is 23.0 Å². The van der Waals surface area contributed by atoms with Crippen LogP contribution in [0.2, 0.25) is 0 Å². The molecule has 4 atom stereocenters. The molecule has 4 unspecified atom stereocenters. The van der Waals surface area contributed by atoms with Crippen LogP contribution in [-0.4, -0.2) is 16.9 Å². The van der Waals surface area contributed by atoms with Crippen LogP contribution in [-0.2, 0) is 4.79 Å². The molecule has 17 heavy (non-hydrogen) atoms. The zero-order valence-electron chi connectivity index (χ0n) is 10.7. The first-order valence-corrected chi connectivity index (χ1v) is 6.99. The number of nitrogens with two attached hydrogens (primary N) is 1. The van der Waals surface area contributed by atoms with Gasteiger partial charge in [-0.25, -0.2) is 0 Å². The molecule has 2 aliphatic rings. The molecule has 0 heterocycles. The van der Waals surface area contributed by atoms with Crippen molar-refractivity contribution in [1.82, 2.24) is 5.32 Å². The molecule has 1 amide bonds. The van der Waals surface area contributed by atoms with Gasteiger partial charge in [0.1, 0.15) is 0 Å². The Balaban J connectivity index is 1.99. The van der Waals surface area contributed by atoms with Gasteiger partial charge < -0.3 is 11.1 Å². The van der Waals surface area contributed by atoms with Crippen LogP contribution >= 0.6 is 12.2 Å². The predicted molar refractivity (Wildman–Crippen MR) is 72.6 cm³/mol. The van der Waals surface area contributed by atoms with Crippen LogP contribution < -0.4 is 11.1 Å². The Morgan fingerprint density at radius 3 is 2.59 bits per heavy atom. The molecule has 0 aromatic rings. The predicted octanol–water partition coefficient (Wildman–Crippen LogP) is 1.99. The first-order valence-electron chi connectivity index (χ1n) is 6.58. The molecule has 2 rings (SSSR count). The van der Waals surface area contributed by atoms with E-state index in [2.05, 4.69) is 5.32 Å². The number of carbonyl (C=O) groups excluding carboxylic acids is 1. The Kier molecular flexibility index (Phi) is 3.43. The maximum Gasteiger partial charge on any atom is 0.232 e. The van der Waals surface area contributed by atoms with E-state index in [0.29, 0.717) is 23.4 Å². The van der Waals surface area contributed by atoms with E-state index >= 15 is 0 Å². The van der Waals surface area contributed by atoms with Crippen molar-refractivity contribution in [2.45, 2.75) is 52.0 Å². The van der Waals surface area contributed by atoms with Crippen LogP contribution in [0.5, 0.6) is 0 Å². The minimum absolute atomic E-state index is 0.0186. The Morgan fingerprint density at radius 1 is 1.47 bits per heavy atom. The fourth-order valence-electron chi connectivity index (χ4n) is 3.20. The van der Waals surface area contributed by atoms with E-state index in [-0.39, 0.29) is 5.91 Å². The summed E-state index contributed by atoms with van der Waals surface area (Å²) in [5.41, 5.74) is 5.02. The van der Waals surface area contributed by atoms with Crippen LogP contribution in [0, 0.1) is 17.3 Å². The van der Waals surface area contributed by atoms with Crippen molar-refractivity contribution in [3.63, 3.8) is 0 Å². The number of rotatable bonds is 4. The maximum absolute atomic E-state index is 12.3. The Morgan fingerprint density at radius 2 is 2.18 bits per heavy atom. The van der Waals surface area contributed by atoms with Gasteiger partial charge in [-0.15, -0.1) is 0 Å². The molecule has 3 nitrogen and oxygen atoms in total. The molecule has 0 spiro atoms. The lowest BCUT2D eigenvalue weighted by Gasteiger charge is -2.30. The normalized spacial score (nSPS) is 34.4. The summed E-state index contributed by atoms with van der Waals surface area (Å²) in [7, 11) is 0. The lowest BCUT2D eigenvalue weighted by Crippen LogP contribution is -2.50. The summed E-state index contributed by atoms with van der Waals surface area (Å²) < 4.78 is 0. The number of amides is 1. The Labute approximate surface area is 109 Å². The maximum atomic E-state index is 12.3. The quantitative estimate of drug-likeness (QED) is 0.754. The van der Waals surface area contributed by atoms with Gasteiger partial charge in [0, 0.05) is 6.04 Å². The third kappa shape index (κ3) is 2.19. The third-order valence-electron chi connectivity index (χ3n) is 4.81. The molecule has 96 valence electrons. The average molecular weight is 254 g/mol. The van der Waals surface area contributed by atoms with E-state index in [1.165, 1.54) is 19.3 Å². The topological polar surface area (TPSA) is 55.1 Å². The van der Waals surface area contributed by atoms with Crippen LogP contribution in [0.25, 0.3) is 0 Å². The number of fused-ring (bicyclic) bond motifs is 2. The summed E-state index contributed by atoms with van der Waals surface area (Å²) in [6, 6.07) is 0.362. The molecule has 2 saturated carbocycles. The lowest BCUT2D eigenvalue weighted by molar-refractivity contribution is -0.128. The minimum atomic E-state index is -0.683. The van der Waals surface area contributed by atoms with Gasteiger partial charge in [0.05, 0.1) is 10.4 Å². The van der Waals surface area contributed by atoms with E-state index in [1.807, 2.05) is 13.8 Å². The smallest absolute Gasteiger partial charge is 0.232 e. The van der Waals surface area contributed by atoms with Crippen molar-refractivity contribution in [3.8, 4) is 0 Å². The first-order chi connectivity index (χ1) is 7.97. The summed E-state index contributed by atoms with van der Waals surface area (Å²) in [6.45, 7) is 3.80. The number of carbonyl (C=O) groups is 1. The zero-order valence-corrected chi connectivity index (χ0v) is 11.5. The van der Waals surface area contributed by atoms with Gasteiger partial charge in [0.15, 0.2) is 0 Å². The Hall–Kier alpha value is -0.640. The van der Waals surface area contributed by atoms with Crippen molar-refractivity contribution < 1.29 is 4.79 Å². The molecule has 2 bridgehead atoms. The standard InChI is InChI=1S/C13H22N2OS/c1-3-13(2,11(14)17)12(16)15-10-7-8-4-5-9(10)6-8/h8-10H,3-7H2,1-2H3,(H2,14,17)(H,15,16). The summed E-state index contributed by atoms with van der Waals surface area (Å²) >= 11 is 5.03.